The Labute approximate surface area is 66.2 Å². The molecule has 62 valence electrons. The monoisotopic (exact) mass is 156 g/mol. The highest BCUT2D eigenvalue weighted by molar-refractivity contribution is 5.27. The van der Waals surface area contributed by atoms with E-state index in [0.29, 0.717) is 5.56 Å². The van der Waals surface area contributed by atoms with Crippen LogP contribution in [0.5, 0.6) is 0 Å². The maximum Gasteiger partial charge on any atom is 0.280 e. The Bertz CT molecular complexity index is 255. The Morgan fingerprint density at radius 2 is 1.91 bits per heavy atom. The van der Waals surface area contributed by atoms with E-state index in [9.17, 15) is 4.39 Å². The van der Waals surface area contributed by atoms with Gasteiger partial charge in [0, 0.05) is 11.1 Å². The van der Waals surface area contributed by atoms with E-state index in [1.807, 2.05) is 20.8 Å². The summed E-state index contributed by atoms with van der Waals surface area (Å²) >= 11 is 0. The molecule has 0 aromatic carbocycles. The van der Waals surface area contributed by atoms with Crippen LogP contribution in [0.1, 0.15) is 31.9 Å². The van der Waals surface area contributed by atoms with Crippen molar-refractivity contribution in [3.05, 3.63) is 23.4 Å². The Hall–Kier alpha value is -0.790. The molecule has 1 aromatic rings. The van der Waals surface area contributed by atoms with Crippen molar-refractivity contribution in [2.75, 3.05) is 0 Å². The van der Waals surface area contributed by atoms with Gasteiger partial charge in [-0.15, -0.1) is 0 Å². The maximum absolute atomic E-state index is 12.7. The lowest BCUT2D eigenvalue weighted by Gasteiger charge is -2.16. The van der Waals surface area contributed by atoms with Gasteiger partial charge >= 0.3 is 0 Å². The lowest BCUT2D eigenvalue weighted by Crippen LogP contribution is -2.11. The molecule has 2 heteroatoms. The lowest BCUT2D eigenvalue weighted by molar-refractivity contribution is 0.354. The van der Waals surface area contributed by atoms with Crippen LogP contribution in [0.25, 0.3) is 0 Å². The SMILES string of the molecule is Cc1c(C(C)(C)C)coc1F. The minimum absolute atomic E-state index is 0.0298. The average molecular weight is 156 g/mol. The Morgan fingerprint density at radius 1 is 1.36 bits per heavy atom. The fourth-order valence-electron chi connectivity index (χ4n) is 1.13. The first-order valence-corrected chi connectivity index (χ1v) is 3.67. The van der Waals surface area contributed by atoms with Gasteiger partial charge in [0.05, 0.1) is 6.26 Å². The molecule has 0 bridgehead atoms. The molecule has 0 saturated heterocycles. The van der Waals surface area contributed by atoms with Gasteiger partial charge < -0.3 is 4.42 Å². The van der Waals surface area contributed by atoms with Crippen molar-refractivity contribution in [2.24, 2.45) is 0 Å². The molecule has 0 aliphatic carbocycles. The fourth-order valence-corrected chi connectivity index (χ4v) is 1.13. The van der Waals surface area contributed by atoms with E-state index >= 15 is 0 Å². The first-order chi connectivity index (χ1) is 4.93. The van der Waals surface area contributed by atoms with Crippen molar-refractivity contribution in [3.63, 3.8) is 0 Å². The first-order valence-electron chi connectivity index (χ1n) is 3.67. The van der Waals surface area contributed by atoms with Crippen LogP contribution in [-0.4, -0.2) is 0 Å². The summed E-state index contributed by atoms with van der Waals surface area (Å²) in [6.07, 6.45) is 1.49. The molecule has 0 aliphatic rings. The van der Waals surface area contributed by atoms with E-state index in [-0.39, 0.29) is 5.41 Å². The number of halogens is 1. The Balaban J connectivity index is 3.15. The number of hydrogen-bond donors (Lipinski definition) is 0. The molecule has 0 N–H and O–H groups in total. The molecule has 0 unspecified atom stereocenters. The number of furan rings is 1. The van der Waals surface area contributed by atoms with Crippen LogP contribution >= 0.6 is 0 Å². The van der Waals surface area contributed by atoms with Gasteiger partial charge in [0.15, 0.2) is 0 Å². The third-order valence-corrected chi connectivity index (χ3v) is 1.79. The van der Waals surface area contributed by atoms with E-state index in [1.54, 1.807) is 6.92 Å². The predicted octanol–water partition coefficient (Wildman–Crippen LogP) is 3.02. The zero-order chi connectivity index (χ0) is 8.65. The van der Waals surface area contributed by atoms with Crippen molar-refractivity contribution >= 4 is 0 Å². The molecule has 0 fully saturated rings. The van der Waals surface area contributed by atoms with Crippen LogP contribution in [0.2, 0.25) is 0 Å². The van der Waals surface area contributed by atoms with Crippen LogP contribution < -0.4 is 0 Å². The van der Waals surface area contributed by atoms with E-state index in [4.69, 9.17) is 0 Å². The Morgan fingerprint density at radius 3 is 2.09 bits per heavy atom. The van der Waals surface area contributed by atoms with Crippen molar-refractivity contribution in [3.8, 4) is 0 Å². The smallest absolute Gasteiger partial charge is 0.280 e. The van der Waals surface area contributed by atoms with Crippen molar-refractivity contribution in [2.45, 2.75) is 33.1 Å². The molecule has 1 aromatic heterocycles. The second-order valence-corrected chi connectivity index (χ2v) is 3.80. The van der Waals surface area contributed by atoms with Crippen LogP contribution in [0, 0.1) is 12.9 Å². The fraction of sp³-hybridized carbons (Fsp3) is 0.556. The minimum atomic E-state index is -0.463. The summed E-state index contributed by atoms with van der Waals surface area (Å²) in [7, 11) is 0. The van der Waals surface area contributed by atoms with Gasteiger partial charge in [0.1, 0.15) is 0 Å². The summed E-state index contributed by atoms with van der Waals surface area (Å²) in [5.74, 6) is 0. The second-order valence-electron chi connectivity index (χ2n) is 3.80. The zero-order valence-corrected chi connectivity index (χ0v) is 7.36. The van der Waals surface area contributed by atoms with Gasteiger partial charge in [-0.25, -0.2) is 0 Å². The van der Waals surface area contributed by atoms with Gasteiger partial charge in [-0.1, -0.05) is 20.8 Å². The maximum atomic E-state index is 12.7. The van der Waals surface area contributed by atoms with Gasteiger partial charge in [-0.2, -0.15) is 4.39 Å². The molecule has 0 saturated carbocycles. The Kier molecular flexibility index (Phi) is 1.78. The second kappa shape index (κ2) is 2.36. The summed E-state index contributed by atoms with van der Waals surface area (Å²) in [5, 5.41) is 0. The van der Waals surface area contributed by atoms with E-state index in [2.05, 4.69) is 4.42 Å². The average Bonchev–Trinajstić information content (AvgIpc) is 2.11. The topological polar surface area (TPSA) is 13.1 Å². The molecule has 0 spiro atoms. The molecule has 1 nitrogen and oxygen atoms in total. The van der Waals surface area contributed by atoms with E-state index < -0.39 is 6.01 Å². The number of hydrogen-bond acceptors (Lipinski definition) is 1. The van der Waals surface area contributed by atoms with Gasteiger partial charge in [0.25, 0.3) is 6.01 Å². The largest absolute Gasteiger partial charge is 0.439 e. The van der Waals surface area contributed by atoms with E-state index in [0.717, 1.165) is 5.56 Å². The third-order valence-electron chi connectivity index (χ3n) is 1.79. The van der Waals surface area contributed by atoms with Gasteiger partial charge in [-0.3, -0.25) is 0 Å². The molecule has 0 amide bonds. The standard InChI is InChI=1S/C9H13FO/c1-6-7(9(2,3)4)5-11-8(6)10/h5H,1-4H3. The van der Waals surface area contributed by atoms with E-state index in [1.165, 1.54) is 6.26 Å². The van der Waals surface area contributed by atoms with Crippen molar-refractivity contribution in [1.29, 1.82) is 0 Å². The normalized spacial score (nSPS) is 12.1. The predicted molar refractivity (Wildman–Crippen MR) is 42.1 cm³/mol. The third kappa shape index (κ3) is 1.44. The highest BCUT2D eigenvalue weighted by Crippen LogP contribution is 2.27. The highest BCUT2D eigenvalue weighted by Gasteiger charge is 2.20. The van der Waals surface area contributed by atoms with Crippen LogP contribution in [0.4, 0.5) is 4.39 Å². The molecule has 0 aliphatic heterocycles. The molecular formula is C9H13FO. The molecule has 1 heterocycles. The molecule has 0 radical (unpaired) electrons. The summed E-state index contributed by atoms with van der Waals surface area (Å²) < 4.78 is 17.4. The van der Waals surface area contributed by atoms with Gasteiger partial charge in [0.2, 0.25) is 0 Å². The van der Waals surface area contributed by atoms with Gasteiger partial charge in [-0.05, 0) is 12.3 Å². The van der Waals surface area contributed by atoms with Crippen LogP contribution in [0.15, 0.2) is 10.7 Å². The first kappa shape index (κ1) is 8.31. The van der Waals surface area contributed by atoms with Crippen molar-refractivity contribution < 1.29 is 8.81 Å². The summed E-state index contributed by atoms with van der Waals surface area (Å²) in [6.45, 7) is 7.83. The number of rotatable bonds is 0. The quantitative estimate of drug-likeness (QED) is 0.562. The minimum Gasteiger partial charge on any atom is -0.439 e. The lowest BCUT2D eigenvalue weighted by atomic mass is 9.87. The zero-order valence-electron chi connectivity index (χ0n) is 7.36. The summed E-state index contributed by atoms with van der Waals surface area (Å²) in [5.41, 5.74) is 1.53. The van der Waals surface area contributed by atoms with Crippen molar-refractivity contribution in [1.82, 2.24) is 0 Å². The molecule has 0 atom stereocenters. The van der Waals surface area contributed by atoms with Crippen LogP contribution in [-0.2, 0) is 5.41 Å². The summed E-state index contributed by atoms with van der Waals surface area (Å²) in [6, 6.07) is -0.463. The molecule has 1 rings (SSSR count). The van der Waals surface area contributed by atoms with Crippen LogP contribution in [0.3, 0.4) is 0 Å². The molecule has 11 heavy (non-hydrogen) atoms. The summed E-state index contributed by atoms with van der Waals surface area (Å²) in [4.78, 5) is 0. The highest BCUT2D eigenvalue weighted by atomic mass is 19.1. The molecular weight excluding hydrogens is 143 g/mol.